The molecular formula is C42H54N6O4. The summed E-state index contributed by atoms with van der Waals surface area (Å²) in [5, 5.41) is 7.82. The lowest BCUT2D eigenvalue weighted by Gasteiger charge is -2.33. The molecule has 0 saturated heterocycles. The second kappa shape index (κ2) is 18.4. The van der Waals surface area contributed by atoms with E-state index in [-0.39, 0.29) is 24.5 Å². The van der Waals surface area contributed by atoms with Crippen molar-refractivity contribution in [2.45, 2.75) is 85.7 Å². The van der Waals surface area contributed by atoms with Gasteiger partial charge in [-0.2, -0.15) is 0 Å². The Bertz CT molecular complexity index is 1710. The molecule has 0 aliphatic heterocycles. The van der Waals surface area contributed by atoms with Gasteiger partial charge in [-0.05, 0) is 52.5 Å². The van der Waals surface area contributed by atoms with Crippen molar-refractivity contribution in [2.75, 3.05) is 6.54 Å². The highest BCUT2D eigenvalue weighted by atomic mass is 16.5. The number of carbonyl (C=O) groups is 3. The Morgan fingerprint density at radius 1 is 0.731 bits per heavy atom. The average Bonchev–Trinajstić information content (AvgIpc) is 3.12. The molecule has 4 rings (SSSR count). The van der Waals surface area contributed by atoms with Crippen molar-refractivity contribution in [1.82, 2.24) is 26.1 Å². The second-order valence-electron chi connectivity index (χ2n) is 15.3. The molecule has 3 aromatic carbocycles. The molecule has 1 heterocycles. The molecule has 0 bridgehead atoms. The number of alkyl carbamates (subject to hydrolysis) is 1. The minimum atomic E-state index is -0.908. The van der Waals surface area contributed by atoms with E-state index < -0.39 is 29.0 Å². The highest BCUT2D eigenvalue weighted by molar-refractivity contribution is 5.86. The molecule has 276 valence electrons. The third kappa shape index (κ3) is 12.6. The van der Waals surface area contributed by atoms with Crippen molar-refractivity contribution in [1.29, 1.82) is 0 Å². The first-order valence-corrected chi connectivity index (χ1v) is 17.8. The summed E-state index contributed by atoms with van der Waals surface area (Å²) in [4.78, 5) is 44.7. The van der Waals surface area contributed by atoms with Crippen LogP contribution in [0.5, 0.6) is 0 Å². The van der Waals surface area contributed by atoms with Crippen LogP contribution in [-0.2, 0) is 33.9 Å². The number of benzene rings is 3. The minimum absolute atomic E-state index is 0.0825. The summed E-state index contributed by atoms with van der Waals surface area (Å²) in [6.07, 6.45) is 2.17. The number of nitrogens with two attached hydrogens (primary N) is 1. The van der Waals surface area contributed by atoms with E-state index in [1.54, 1.807) is 6.20 Å². The molecule has 10 nitrogen and oxygen atoms in total. The fraction of sp³-hybridized carbons (Fsp3) is 0.381. The topological polar surface area (TPSA) is 139 Å². The molecule has 0 aliphatic rings. The Morgan fingerprint density at radius 3 is 1.92 bits per heavy atom. The van der Waals surface area contributed by atoms with Crippen molar-refractivity contribution in [2.24, 2.45) is 16.6 Å². The number of nitrogens with one attached hydrogen (secondary N) is 3. The fourth-order valence-corrected chi connectivity index (χ4v) is 5.61. The van der Waals surface area contributed by atoms with E-state index in [2.05, 4.69) is 21.0 Å². The molecule has 4 aromatic rings. The van der Waals surface area contributed by atoms with Crippen molar-refractivity contribution in [3.8, 4) is 11.3 Å². The summed E-state index contributed by atoms with van der Waals surface area (Å²) in [5.41, 5.74) is 13.1. The summed E-state index contributed by atoms with van der Waals surface area (Å²) >= 11 is 0. The standard InChI is InChI=1S/C42H54N6O4/c1-41(2,3)36(43)38(49)45-34(27-30-15-9-7-10-16-30)24-26-48(28-31-20-22-33(23-21-31)35-19-13-14-25-44-35)47-39(50)37(42(4,5)6)46-40(51)52-29-32-17-11-8-12-18-32/h7-23,25,34,36-37H,24,26-29,43H2,1-6H3,(H,45,49)(H,46,51)(H,47,50). The SMILES string of the molecule is CC(C)(C)C(N)C(=O)NC(CCN(Cc1ccc(-c2ccccn2)cc1)NC(=O)C(NC(=O)OCc1ccccc1)C(C)(C)C)Cc1ccccc1. The summed E-state index contributed by atoms with van der Waals surface area (Å²) < 4.78 is 5.47. The lowest BCUT2D eigenvalue weighted by atomic mass is 9.86. The normalized spacial score (nSPS) is 13.5. The van der Waals surface area contributed by atoms with Crippen LogP contribution in [0.25, 0.3) is 11.3 Å². The van der Waals surface area contributed by atoms with E-state index in [1.807, 2.05) is 150 Å². The van der Waals surface area contributed by atoms with Crippen LogP contribution in [0.2, 0.25) is 0 Å². The van der Waals surface area contributed by atoms with Gasteiger partial charge in [0.2, 0.25) is 5.91 Å². The zero-order valence-corrected chi connectivity index (χ0v) is 31.3. The molecular weight excluding hydrogens is 652 g/mol. The number of amides is 3. The van der Waals surface area contributed by atoms with Crippen LogP contribution in [0.3, 0.4) is 0 Å². The van der Waals surface area contributed by atoms with Crippen molar-refractivity contribution in [3.63, 3.8) is 0 Å². The predicted octanol–water partition coefficient (Wildman–Crippen LogP) is 6.41. The second-order valence-corrected chi connectivity index (χ2v) is 15.3. The number of rotatable bonds is 15. The molecule has 0 radical (unpaired) electrons. The number of nitrogens with zero attached hydrogens (tertiary/aromatic N) is 2. The number of carbonyl (C=O) groups excluding carboxylic acids is 3. The van der Waals surface area contributed by atoms with E-state index in [9.17, 15) is 14.4 Å². The van der Waals surface area contributed by atoms with Crippen molar-refractivity contribution < 1.29 is 19.1 Å². The Labute approximate surface area is 308 Å². The smallest absolute Gasteiger partial charge is 0.408 e. The number of hydrogen-bond donors (Lipinski definition) is 4. The van der Waals surface area contributed by atoms with Gasteiger partial charge < -0.3 is 21.1 Å². The summed E-state index contributed by atoms with van der Waals surface area (Å²) in [6, 6.07) is 31.3. The summed E-state index contributed by atoms with van der Waals surface area (Å²) in [7, 11) is 0. The number of hydrogen-bond acceptors (Lipinski definition) is 7. The number of pyridine rings is 1. The first-order chi connectivity index (χ1) is 24.7. The summed E-state index contributed by atoms with van der Waals surface area (Å²) in [5.74, 6) is -0.604. The van der Waals surface area contributed by atoms with Gasteiger partial charge in [0.1, 0.15) is 12.6 Å². The third-order valence-electron chi connectivity index (χ3n) is 8.79. The van der Waals surface area contributed by atoms with Crippen LogP contribution in [-0.4, -0.2) is 52.6 Å². The molecule has 3 unspecified atom stereocenters. The minimum Gasteiger partial charge on any atom is -0.445 e. The average molecular weight is 707 g/mol. The fourth-order valence-electron chi connectivity index (χ4n) is 5.61. The Hall–Kier alpha value is -5.06. The quantitative estimate of drug-likeness (QED) is 0.105. The van der Waals surface area contributed by atoms with Gasteiger partial charge in [-0.1, -0.05) is 133 Å². The molecule has 0 fully saturated rings. The van der Waals surface area contributed by atoms with E-state index in [0.717, 1.165) is 27.9 Å². The van der Waals surface area contributed by atoms with Crippen LogP contribution in [0.15, 0.2) is 109 Å². The lowest BCUT2D eigenvalue weighted by Crippen LogP contribution is -2.57. The molecule has 0 saturated carbocycles. The predicted molar refractivity (Wildman–Crippen MR) is 205 cm³/mol. The van der Waals surface area contributed by atoms with Crippen LogP contribution >= 0.6 is 0 Å². The number of hydrazine groups is 1. The molecule has 10 heteroatoms. The highest BCUT2D eigenvalue weighted by Crippen LogP contribution is 2.22. The van der Waals surface area contributed by atoms with Crippen LogP contribution in [0.4, 0.5) is 4.79 Å². The third-order valence-corrected chi connectivity index (χ3v) is 8.79. The Morgan fingerprint density at radius 2 is 1.35 bits per heavy atom. The molecule has 1 aromatic heterocycles. The molecule has 0 aliphatic carbocycles. The maximum absolute atomic E-state index is 14.0. The zero-order valence-electron chi connectivity index (χ0n) is 31.3. The highest BCUT2D eigenvalue weighted by Gasteiger charge is 2.35. The van der Waals surface area contributed by atoms with Crippen molar-refractivity contribution in [3.05, 3.63) is 126 Å². The van der Waals surface area contributed by atoms with Crippen LogP contribution < -0.4 is 21.8 Å². The van der Waals surface area contributed by atoms with Crippen molar-refractivity contribution >= 4 is 17.9 Å². The Balaban J connectivity index is 1.54. The molecule has 52 heavy (non-hydrogen) atoms. The van der Waals surface area contributed by atoms with Gasteiger partial charge in [0, 0.05) is 30.9 Å². The number of aromatic nitrogens is 1. The van der Waals surface area contributed by atoms with Crippen LogP contribution in [0, 0.1) is 10.8 Å². The maximum atomic E-state index is 14.0. The van der Waals surface area contributed by atoms with Gasteiger partial charge in [-0.3, -0.25) is 20.0 Å². The van der Waals surface area contributed by atoms with Gasteiger partial charge in [0.15, 0.2) is 0 Å². The first-order valence-electron chi connectivity index (χ1n) is 17.8. The summed E-state index contributed by atoms with van der Waals surface area (Å²) in [6.45, 7) is 12.3. The van der Waals surface area contributed by atoms with Crippen LogP contribution in [0.1, 0.15) is 64.7 Å². The van der Waals surface area contributed by atoms with E-state index in [1.165, 1.54) is 0 Å². The number of ether oxygens (including phenoxy) is 1. The largest absolute Gasteiger partial charge is 0.445 e. The molecule has 3 atom stereocenters. The zero-order chi connectivity index (χ0) is 37.7. The van der Waals surface area contributed by atoms with Gasteiger partial charge in [-0.25, -0.2) is 9.80 Å². The monoisotopic (exact) mass is 706 g/mol. The van der Waals surface area contributed by atoms with Gasteiger partial charge in [-0.15, -0.1) is 0 Å². The van der Waals surface area contributed by atoms with E-state index in [4.69, 9.17) is 10.5 Å². The maximum Gasteiger partial charge on any atom is 0.408 e. The van der Waals surface area contributed by atoms with E-state index >= 15 is 0 Å². The van der Waals surface area contributed by atoms with Gasteiger partial charge in [0.05, 0.1) is 11.7 Å². The Kier molecular flexibility index (Phi) is 14.1. The first kappa shape index (κ1) is 39.7. The van der Waals surface area contributed by atoms with E-state index in [0.29, 0.717) is 25.9 Å². The molecule has 5 N–H and O–H groups in total. The molecule has 3 amide bonds. The van der Waals surface area contributed by atoms with Gasteiger partial charge >= 0.3 is 6.09 Å². The lowest BCUT2D eigenvalue weighted by molar-refractivity contribution is -0.131. The molecule has 0 spiro atoms. The van der Waals surface area contributed by atoms with Gasteiger partial charge in [0.25, 0.3) is 5.91 Å².